The monoisotopic (exact) mass is 273 g/mol. The summed E-state index contributed by atoms with van der Waals surface area (Å²) in [6.45, 7) is 13.4. The number of aryl methyl sites for hydroxylation is 1. The lowest BCUT2D eigenvalue weighted by Gasteiger charge is -2.23. The number of hydrogen-bond donors (Lipinski definition) is 0. The van der Waals surface area contributed by atoms with Crippen LogP contribution in [0.2, 0.25) is 0 Å². The molecule has 20 heavy (non-hydrogen) atoms. The second-order valence-electron chi connectivity index (χ2n) is 6.20. The second kappa shape index (κ2) is 6.83. The maximum atomic E-state index is 5.92. The Labute approximate surface area is 123 Å². The van der Waals surface area contributed by atoms with Crippen molar-refractivity contribution in [1.29, 1.82) is 0 Å². The van der Waals surface area contributed by atoms with E-state index in [0.717, 1.165) is 38.3 Å². The van der Waals surface area contributed by atoms with Crippen molar-refractivity contribution < 1.29 is 4.74 Å². The van der Waals surface area contributed by atoms with E-state index in [0.29, 0.717) is 5.92 Å². The normalized spacial score (nSPS) is 14.4. The lowest BCUT2D eigenvalue weighted by molar-refractivity contribution is 0.311. The zero-order valence-electron chi connectivity index (χ0n) is 13.1. The van der Waals surface area contributed by atoms with Crippen molar-refractivity contribution in [2.45, 2.75) is 46.6 Å². The van der Waals surface area contributed by atoms with Crippen LogP contribution in [0.25, 0.3) is 0 Å². The molecule has 1 aliphatic heterocycles. The fourth-order valence-corrected chi connectivity index (χ4v) is 2.89. The number of hydrogen-bond acceptors (Lipinski definition) is 2. The molecule has 1 aromatic carbocycles. The molecule has 0 saturated heterocycles. The fourth-order valence-electron chi connectivity index (χ4n) is 2.89. The largest absolute Gasteiger partial charge is 0.493 e. The Morgan fingerprint density at radius 1 is 1.35 bits per heavy atom. The van der Waals surface area contributed by atoms with E-state index in [1.807, 2.05) is 6.20 Å². The van der Waals surface area contributed by atoms with Gasteiger partial charge in [-0.1, -0.05) is 26.5 Å². The van der Waals surface area contributed by atoms with E-state index in [-0.39, 0.29) is 0 Å². The van der Waals surface area contributed by atoms with Gasteiger partial charge in [-0.05, 0) is 61.1 Å². The molecule has 0 unspecified atom stereocenters. The van der Waals surface area contributed by atoms with Gasteiger partial charge in [0.15, 0.2) is 0 Å². The van der Waals surface area contributed by atoms with E-state index in [4.69, 9.17) is 4.74 Å². The summed E-state index contributed by atoms with van der Waals surface area (Å²) in [6, 6.07) is 4.54. The first-order chi connectivity index (χ1) is 9.60. The first-order valence-corrected chi connectivity index (χ1v) is 7.72. The molecule has 0 saturated carbocycles. The van der Waals surface area contributed by atoms with Crippen LogP contribution in [-0.4, -0.2) is 18.1 Å². The zero-order valence-corrected chi connectivity index (χ0v) is 13.1. The highest BCUT2D eigenvalue weighted by molar-refractivity contribution is 5.44. The van der Waals surface area contributed by atoms with Crippen LogP contribution < -0.4 is 4.74 Å². The van der Waals surface area contributed by atoms with Crippen LogP contribution in [0.4, 0.5) is 0 Å². The van der Waals surface area contributed by atoms with Gasteiger partial charge < -0.3 is 9.64 Å². The third-order valence-electron chi connectivity index (χ3n) is 3.81. The third-order valence-corrected chi connectivity index (χ3v) is 3.81. The van der Waals surface area contributed by atoms with Crippen LogP contribution in [0, 0.1) is 12.8 Å². The Morgan fingerprint density at radius 3 is 2.85 bits per heavy atom. The summed E-state index contributed by atoms with van der Waals surface area (Å²) in [6.07, 6.45) is 5.50. The second-order valence-corrected chi connectivity index (χ2v) is 6.20. The molecule has 0 spiro atoms. The number of rotatable bonds is 5. The quantitative estimate of drug-likeness (QED) is 0.792. The molecule has 0 aliphatic carbocycles. The van der Waals surface area contributed by atoms with Crippen LogP contribution in [0.15, 0.2) is 24.9 Å². The summed E-state index contributed by atoms with van der Waals surface area (Å²) in [4.78, 5) is 2.28. The van der Waals surface area contributed by atoms with Gasteiger partial charge >= 0.3 is 0 Å². The van der Waals surface area contributed by atoms with Crippen molar-refractivity contribution in [3.8, 4) is 5.75 Å². The Kier molecular flexibility index (Phi) is 5.11. The highest BCUT2D eigenvalue weighted by Crippen LogP contribution is 2.29. The van der Waals surface area contributed by atoms with Crippen molar-refractivity contribution in [1.82, 2.24) is 4.90 Å². The van der Waals surface area contributed by atoms with E-state index >= 15 is 0 Å². The molecular weight excluding hydrogens is 246 g/mol. The SMILES string of the molecule is C=CN(Cc1cc(C)c2c(c1)OCCCC2)CC(C)C. The molecule has 0 bridgehead atoms. The van der Waals surface area contributed by atoms with Crippen molar-refractivity contribution in [3.63, 3.8) is 0 Å². The molecule has 0 atom stereocenters. The van der Waals surface area contributed by atoms with Gasteiger partial charge in [-0.25, -0.2) is 0 Å². The molecule has 0 amide bonds. The maximum absolute atomic E-state index is 5.92. The average Bonchev–Trinajstić information content (AvgIpc) is 2.63. The first-order valence-electron chi connectivity index (χ1n) is 7.72. The van der Waals surface area contributed by atoms with Gasteiger partial charge in [-0.15, -0.1) is 0 Å². The number of nitrogens with zero attached hydrogens (tertiary/aromatic N) is 1. The van der Waals surface area contributed by atoms with E-state index < -0.39 is 0 Å². The van der Waals surface area contributed by atoms with Gasteiger partial charge in [0.25, 0.3) is 0 Å². The molecule has 1 heterocycles. The van der Waals surface area contributed by atoms with Crippen LogP contribution in [0.3, 0.4) is 0 Å². The summed E-state index contributed by atoms with van der Waals surface area (Å²) in [5, 5.41) is 0. The number of fused-ring (bicyclic) bond motifs is 1. The molecule has 0 aromatic heterocycles. The number of ether oxygens (including phenoxy) is 1. The molecular formula is C18H27NO. The molecule has 2 rings (SSSR count). The van der Waals surface area contributed by atoms with Crippen LogP contribution >= 0.6 is 0 Å². The predicted octanol–water partition coefficient (Wildman–Crippen LogP) is 4.31. The maximum Gasteiger partial charge on any atom is 0.123 e. The highest BCUT2D eigenvalue weighted by Gasteiger charge is 2.14. The molecule has 1 aromatic rings. The summed E-state index contributed by atoms with van der Waals surface area (Å²) in [5.74, 6) is 1.75. The Morgan fingerprint density at radius 2 is 2.15 bits per heavy atom. The molecule has 0 radical (unpaired) electrons. The zero-order chi connectivity index (χ0) is 14.5. The van der Waals surface area contributed by atoms with E-state index in [1.54, 1.807) is 0 Å². The van der Waals surface area contributed by atoms with Crippen LogP contribution in [-0.2, 0) is 13.0 Å². The van der Waals surface area contributed by atoms with Gasteiger partial charge in [-0.3, -0.25) is 0 Å². The smallest absolute Gasteiger partial charge is 0.123 e. The standard InChI is InChI=1S/C18H27NO/c1-5-19(12-14(2)3)13-16-10-15(4)17-8-6-7-9-20-18(17)11-16/h5,10-11,14H,1,6-9,12-13H2,2-4H3. The summed E-state index contributed by atoms with van der Waals surface area (Å²) in [5.41, 5.74) is 4.09. The van der Waals surface area contributed by atoms with Crippen molar-refractivity contribution >= 4 is 0 Å². The lowest BCUT2D eigenvalue weighted by Crippen LogP contribution is -2.21. The Bertz CT molecular complexity index is 465. The van der Waals surface area contributed by atoms with Gasteiger partial charge in [0.1, 0.15) is 5.75 Å². The van der Waals surface area contributed by atoms with Gasteiger partial charge in [0.2, 0.25) is 0 Å². The van der Waals surface area contributed by atoms with Crippen molar-refractivity contribution in [3.05, 3.63) is 41.6 Å². The number of benzene rings is 1. The summed E-state index contributed by atoms with van der Waals surface area (Å²) >= 11 is 0. The van der Waals surface area contributed by atoms with Crippen molar-refractivity contribution in [2.24, 2.45) is 5.92 Å². The molecule has 110 valence electrons. The first kappa shape index (κ1) is 15.0. The summed E-state index contributed by atoms with van der Waals surface area (Å²) in [7, 11) is 0. The van der Waals surface area contributed by atoms with Crippen molar-refractivity contribution in [2.75, 3.05) is 13.2 Å². The minimum absolute atomic E-state index is 0.645. The van der Waals surface area contributed by atoms with Crippen LogP contribution in [0.1, 0.15) is 43.4 Å². The molecule has 2 nitrogen and oxygen atoms in total. The van der Waals surface area contributed by atoms with E-state index in [1.165, 1.54) is 23.1 Å². The molecule has 2 heteroatoms. The molecule has 0 fully saturated rings. The Hall–Kier alpha value is -1.44. The van der Waals surface area contributed by atoms with E-state index in [9.17, 15) is 0 Å². The topological polar surface area (TPSA) is 12.5 Å². The molecule has 1 aliphatic rings. The average molecular weight is 273 g/mol. The highest BCUT2D eigenvalue weighted by atomic mass is 16.5. The Balaban J connectivity index is 2.18. The third kappa shape index (κ3) is 3.78. The summed E-state index contributed by atoms with van der Waals surface area (Å²) < 4.78 is 5.92. The molecule has 0 N–H and O–H groups in total. The van der Waals surface area contributed by atoms with E-state index in [2.05, 4.69) is 44.4 Å². The fraction of sp³-hybridized carbons (Fsp3) is 0.556. The van der Waals surface area contributed by atoms with Gasteiger partial charge in [-0.2, -0.15) is 0 Å². The van der Waals surface area contributed by atoms with Gasteiger partial charge in [0, 0.05) is 13.1 Å². The minimum Gasteiger partial charge on any atom is -0.493 e. The lowest BCUT2D eigenvalue weighted by atomic mass is 9.99. The minimum atomic E-state index is 0.645. The van der Waals surface area contributed by atoms with Crippen LogP contribution in [0.5, 0.6) is 5.75 Å². The predicted molar refractivity (Wildman–Crippen MR) is 85.1 cm³/mol. The van der Waals surface area contributed by atoms with Gasteiger partial charge in [0.05, 0.1) is 6.61 Å².